The SMILES string of the molecule is CNCCNCc1ccc(Br)cn1. The Morgan fingerprint density at radius 3 is 2.85 bits per heavy atom. The zero-order chi connectivity index (χ0) is 9.52. The summed E-state index contributed by atoms with van der Waals surface area (Å²) in [4.78, 5) is 4.25. The molecule has 0 aliphatic carbocycles. The lowest BCUT2D eigenvalue weighted by molar-refractivity contribution is 0.642. The maximum absolute atomic E-state index is 4.25. The summed E-state index contributed by atoms with van der Waals surface area (Å²) in [6, 6.07) is 4.01. The topological polar surface area (TPSA) is 37.0 Å². The first-order chi connectivity index (χ1) is 6.33. The van der Waals surface area contributed by atoms with Gasteiger partial charge in [0, 0.05) is 30.3 Å². The normalized spacial score (nSPS) is 10.3. The number of halogens is 1. The monoisotopic (exact) mass is 243 g/mol. The van der Waals surface area contributed by atoms with Gasteiger partial charge in [0.05, 0.1) is 5.69 Å². The lowest BCUT2D eigenvalue weighted by Gasteiger charge is -2.03. The maximum Gasteiger partial charge on any atom is 0.0542 e. The summed E-state index contributed by atoms with van der Waals surface area (Å²) < 4.78 is 1.02. The van der Waals surface area contributed by atoms with Crippen LogP contribution in [-0.2, 0) is 6.54 Å². The molecule has 0 aliphatic heterocycles. The zero-order valence-electron chi connectivity index (χ0n) is 7.68. The van der Waals surface area contributed by atoms with Crippen LogP contribution in [0, 0.1) is 0 Å². The first-order valence-corrected chi connectivity index (χ1v) is 5.08. The molecule has 0 spiro atoms. The lowest BCUT2D eigenvalue weighted by atomic mass is 10.3. The Bertz CT molecular complexity index is 235. The first kappa shape index (κ1) is 10.6. The Morgan fingerprint density at radius 1 is 1.38 bits per heavy atom. The van der Waals surface area contributed by atoms with Crippen molar-refractivity contribution in [2.75, 3.05) is 20.1 Å². The van der Waals surface area contributed by atoms with Crippen LogP contribution >= 0.6 is 15.9 Å². The van der Waals surface area contributed by atoms with Crippen LogP contribution in [0.4, 0.5) is 0 Å². The van der Waals surface area contributed by atoms with Crippen LogP contribution < -0.4 is 10.6 Å². The lowest BCUT2D eigenvalue weighted by Crippen LogP contribution is -2.24. The standard InChI is InChI=1S/C9H14BrN3/c1-11-4-5-12-7-9-3-2-8(10)6-13-9/h2-3,6,11-12H,4-5,7H2,1H3. The van der Waals surface area contributed by atoms with E-state index < -0.39 is 0 Å². The molecule has 0 fully saturated rings. The second-order valence-electron chi connectivity index (χ2n) is 2.75. The summed E-state index contributed by atoms with van der Waals surface area (Å²) in [6.45, 7) is 2.78. The van der Waals surface area contributed by atoms with Crippen LogP contribution in [0.15, 0.2) is 22.8 Å². The minimum absolute atomic E-state index is 0.828. The van der Waals surface area contributed by atoms with Crippen molar-refractivity contribution >= 4 is 15.9 Å². The Balaban J connectivity index is 2.25. The fraction of sp³-hybridized carbons (Fsp3) is 0.444. The molecule has 0 saturated carbocycles. The molecule has 2 N–H and O–H groups in total. The van der Waals surface area contributed by atoms with Crippen LogP contribution in [0.1, 0.15) is 5.69 Å². The molecule has 0 aliphatic rings. The number of aromatic nitrogens is 1. The number of pyridine rings is 1. The van der Waals surface area contributed by atoms with Crippen LogP contribution in [0.2, 0.25) is 0 Å². The van der Waals surface area contributed by atoms with E-state index in [-0.39, 0.29) is 0 Å². The Morgan fingerprint density at radius 2 is 2.23 bits per heavy atom. The van der Waals surface area contributed by atoms with Gasteiger partial charge in [0.25, 0.3) is 0 Å². The Kier molecular flexibility index (Phi) is 4.97. The van der Waals surface area contributed by atoms with Crippen LogP contribution in [-0.4, -0.2) is 25.1 Å². The average Bonchev–Trinajstić information content (AvgIpc) is 2.15. The van der Waals surface area contributed by atoms with Crippen molar-refractivity contribution < 1.29 is 0 Å². The quantitative estimate of drug-likeness (QED) is 0.763. The van der Waals surface area contributed by atoms with Gasteiger partial charge in [0.15, 0.2) is 0 Å². The van der Waals surface area contributed by atoms with Gasteiger partial charge < -0.3 is 10.6 Å². The van der Waals surface area contributed by atoms with Crippen LogP contribution in [0.3, 0.4) is 0 Å². The molecule has 0 bridgehead atoms. The molecule has 4 heteroatoms. The number of rotatable bonds is 5. The fourth-order valence-corrected chi connectivity index (χ4v) is 1.18. The summed E-state index contributed by atoms with van der Waals surface area (Å²) in [6.07, 6.45) is 1.81. The molecular weight excluding hydrogens is 230 g/mol. The number of hydrogen-bond donors (Lipinski definition) is 2. The van der Waals surface area contributed by atoms with Crippen molar-refractivity contribution in [3.05, 3.63) is 28.5 Å². The molecule has 72 valence electrons. The summed E-state index contributed by atoms with van der Waals surface area (Å²) >= 11 is 3.35. The van der Waals surface area contributed by atoms with Gasteiger partial charge in [-0.15, -0.1) is 0 Å². The molecule has 0 atom stereocenters. The predicted octanol–water partition coefficient (Wildman–Crippen LogP) is 1.15. The second kappa shape index (κ2) is 6.07. The average molecular weight is 244 g/mol. The van der Waals surface area contributed by atoms with Crippen molar-refractivity contribution in [3.8, 4) is 0 Å². The smallest absolute Gasteiger partial charge is 0.0542 e. The van der Waals surface area contributed by atoms with Gasteiger partial charge in [-0.2, -0.15) is 0 Å². The highest BCUT2D eigenvalue weighted by Crippen LogP contribution is 2.06. The minimum Gasteiger partial charge on any atom is -0.318 e. The van der Waals surface area contributed by atoms with Gasteiger partial charge in [0.1, 0.15) is 0 Å². The van der Waals surface area contributed by atoms with E-state index in [0.29, 0.717) is 0 Å². The van der Waals surface area contributed by atoms with Crippen LogP contribution in [0.25, 0.3) is 0 Å². The summed E-state index contributed by atoms with van der Waals surface area (Å²) in [7, 11) is 1.94. The summed E-state index contributed by atoms with van der Waals surface area (Å²) in [5.74, 6) is 0. The number of likely N-dealkylation sites (N-methyl/N-ethyl adjacent to an activating group) is 1. The van der Waals surface area contributed by atoms with Crippen molar-refractivity contribution in [2.24, 2.45) is 0 Å². The molecule has 13 heavy (non-hydrogen) atoms. The van der Waals surface area contributed by atoms with Gasteiger partial charge >= 0.3 is 0 Å². The molecule has 1 rings (SSSR count). The fourth-order valence-electron chi connectivity index (χ4n) is 0.941. The number of nitrogens with zero attached hydrogens (tertiary/aromatic N) is 1. The number of nitrogens with one attached hydrogen (secondary N) is 2. The minimum atomic E-state index is 0.828. The molecule has 3 nitrogen and oxygen atoms in total. The van der Waals surface area contributed by atoms with E-state index in [1.807, 2.05) is 25.4 Å². The molecule has 0 amide bonds. The summed E-state index contributed by atoms with van der Waals surface area (Å²) in [5.41, 5.74) is 1.07. The van der Waals surface area contributed by atoms with E-state index in [9.17, 15) is 0 Å². The van der Waals surface area contributed by atoms with Crippen molar-refractivity contribution in [1.82, 2.24) is 15.6 Å². The van der Waals surface area contributed by atoms with Crippen LogP contribution in [0.5, 0.6) is 0 Å². The Hall–Kier alpha value is -0.450. The largest absolute Gasteiger partial charge is 0.318 e. The third-order valence-corrected chi connectivity index (χ3v) is 2.12. The van der Waals surface area contributed by atoms with Crippen molar-refractivity contribution in [3.63, 3.8) is 0 Å². The zero-order valence-corrected chi connectivity index (χ0v) is 9.26. The molecule has 0 saturated heterocycles. The maximum atomic E-state index is 4.25. The third-order valence-electron chi connectivity index (χ3n) is 1.65. The van der Waals surface area contributed by atoms with E-state index in [4.69, 9.17) is 0 Å². The van der Waals surface area contributed by atoms with E-state index >= 15 is 0 Å². The van der Waals surface area contributed by atoms with Gasteiger partial charge in [-0.25, -0.2) is 0 Å². The highest BCUT2D eigenvalue weighted by atomic mass is 79.9. The molecule has 0 radical (unpaired) electrons. The van der Waals surface area contributed by atoms with Crippen molar-refractivity contribution in [2.45, 2.75) is 6.54 Å². The predicted molar refractivity (Wildman–Crippen MR) is 57.6 cm³/mol. The molecule has 0 aromatic carbocycles. The second-order valence-corrected chi connectivity index (χ2v) is 3.66. The number of hydrogen-bond acceptors (Lipinski definition) is 3. The molecule has 1 heterocycles. The highest BCUT2D eigenvalue weighted by Gasteiger charge is 1.92. The molecular formula is C9H14BrN3. The third kappa shape index (κ3) is 4.36. The van der Waals surface area contributed by atoms with Gasteiger partial charge in [0.2, 0.25) is 0 Å². The van der Waals surface area contributed by atoms with E-state index in [0.717, 1.165) is 29.8 Å². The van der Waals surface area contributed by atoms with E-state index in [1.54, 1.807) is 0 Å². The molecule has 1 aromatic heterocycles. The van der Waals surface area contributed by atoms with E-state index in [2.05, 4.69) is 31.5 Å². The first-order valence-electron chi connectivity index (χ1n) is 4.28. The Labute approximate surface area is 87.1 Å². The highest BCUT2D eigenvalue weighted by molar-refractivity contribution is 9.10. The van der Waals surface area contributed by atoms with Gasteiger partial charge in [-0.1, -0.05) is 0 Å². The van der Waals surface area contributed by atoms with E-state index in [1.165, 1.54) is 0 Å². The van der Waals surface area contributed by atoms with Gasteiger partial charge in [-0.3, -0.25) is 4.98 Å². The van der Waals surface area contributed by atoms with Gasteiger partial charge in [-0.05, 0) is 35.1 Å². The summed E-state index contributed by atoms with van der Waals surface area (Å²) in [5, 5.41) is 6.35. The molecule has 0 unspecified atom stereocenters. The molecule has 1 aromatic rings. The van der Waals surface area contributed by atoms with Crippen molar-refractivity contribution in [1.29, 1.82) is 0 Å².